The summed E-state index contributed by atoms with van der Waals surface area (Å²) in [4.78, 5) is 3.83. The van der Waals surface area contributed by atoms with Gasteiger partial charge in [-0.25, -0.2) is 0 Å². The zero-order chi connectivity index (χ0) is 13.2. The van der Waals surface area contributed by atoms with Gasteiger partial charge in [-0.1, -0.05) is 31.0 Å². The number of hydrogen-bond donors (Lipinski definition) is 1. The maximum Gasteiger partial charge on any atom is 0.141 e. The highest BCUT2D eigenvalue weighted by atomic mass is 32.2. The average Bonchev–Trinajstić information content (AvgIpc) is 2.85. The molecule has 1 aromatic carbocycles. The van der Waals surface area contributed by atoms with Crippen LogP contribution in [0.5, 0.6) is 5.75 Å². The lowest BCUT2D eigenvalue weighted by atomic mass is 9.94. The lowest BCUT2D eigenvalue weighted by molar-refractivity contribution is 0.412. The Bertz CT molecular complexity index is 449. The van der Waals surface area contributed by atoms with Gasteiger partial charge in [0.15, 0.2) is 0 Å². The molecular weight excluding hydrogens is 276 g/mol. The van der Waals surface area contributed by atoms with E-state index in [4.69, 9.17) is 9.88 Å². The van der Waals surface area contributed by atoms with Gasteiger partial charge in [-0.05, 0) is 43.0 Å². The van der Waals surface area contributed by atoms with E-state index in [0.29, 0.717) is 10.7 Å². The minimum atomic E-state index is 0.310. The van der Waals surface area contributed by atoms with Crippen LogP contribution in [0.1, 0.15) is 32.1 Å². The maximum atomic E-state index is 5.90. The molecule has 1 unspecified atom stereocenters. The van der Waals surface area contributed by atoms with Crippen LogP contribution in [0.4, 0.5) is 5.69 Å². The van der Waals surface area contributed by atoms with Gasteiger partial charge in [0.25, 0.3) is 0 Å². The molecule has 1 aliphatic heterocycles. The number of anilines is 1. The molecule has 1 atom stereocenters. The Morgan fingerprint density at radius 3 is 2.79 bits per heavy atom. The molecule has 0 amide bonds. The number of benzene rings is 1. The number of nitrogens with two attached hydrogens (primary N) is 1. The van der Waals surface area contributed by atoms with Gasteiger partial charge in [0.1, 0.15) is 10.5 Å². The highest BCUT2D eigenvalue weighted by molar-refractivity contribution is 8.16. The van der Waals surface area contributed by atoms with E-state index in [1.165, 1.54) is 54.6 Å². The highest BCUT2D eigenvalue weighted by Gasteiger charge is 2.35. The molecule has 3 rings (SSSR count). The first-order valence-corrected chi connectivity index (χ1v) is 8.64. The van der Waals surface area contributed by atoms with E-state index in [2.05, 4.69) is 23.1 Å². The normalized spacial score (nSPS) is 23.5. The summed E-state index contributed by atoms with van der Waals surface area (Å²) in [6, 6.07) is 7.02. The number of nitrogens with zero attached hydrogens (tertiary/aromatic N) is 1. The molecule has 19 heavy (non-hydrogen) atoms. The molecule has 1 aliphatic carbocycles. The second-order valence-corrected chi connectivity index (χ2v) is 7.23. The van der Waals surface area contributed by atoms with Crippen molar-refractivity contribution in [2.45, 2.75) is 47.7 Å². The molecule has 0 spiro atoms. The number of hydrogen-bond acceptors (Lipinski definition) is 5. The Kier molecular flexibility index (Phi) is 4.15. The predicted molar refractivity (Wildman–Crippen MR) is 83.8 cm³/mol. The van der Waals surface area contributed by atoms with Gasteiger partial charge in [-0.15, -0.1) is 0 Å². The third kappa shape index (κ3) is 2.56. The van der Waals surface area contributed by atoms with E-state index in [0.717, 1.165) is 5.75 Å². The Labute approximate surface area is 123 Å². The molecule has 1 saturated carbocycles. The van der Waals surface area contributed by atoms with Gasteiger partial charge in [0.2, 0.25) is 0 Å². The number of ether oxygens (including phenoxy) is 1. The minimum absolute atomic E-state index is 0.310. The summed E-state index contributed by atoms with van der Waals surface area (Å²) in [5.41, 5.74) is 1.33. The molecule has 1 aromatic rings. The van der Waals surface area contributed by atoms with E-state index in [9.17, 15) is 0 Å². The number of rotatable bonds is 3. The molecule has 104 valence electrons. The standard InChI is InChI=1S/C14H20N2OS2/c1-17-11-7-8-12-13(9-11)18-14(19-15)16(12)10-5-3-2-4-6-10/h7-10,14H,2-6,15H2,1H3. The molecule has 0 radical (unpaired) electrons. The molecule has 2 aliphatic rings. The topological polar surface area (TPSA) is 38.5 Å². The number of fused-ring (bicyclic) bond motifs is 1. The first kappa shape index (κ1) is 13.5. The molecular formula is C14H20N2OS2. The van der Waals surface area contributed by atoms with Crippen LogP contribution in [0.2, 0.25) is 0 Å². The summed E-state index contributed by atoms with van der Waals surface area (Å²) in [5.74, 6) is 0.928. The fourth-order valence-electron chi connectivity index (χ4n) is 3.03. The molecule has 3 nitrogen and oxygen atoms in total. The second-order valence-electron chi connectivity index (χ2n) is 5.09. The van der Waals surface area contributed by atoms with Crippen LogP contribution < -0.4 is 14.8 Å². The van der Waals surface area contributed by atoms with E-state index in [1.54, 1.807) is 7.11 Å². The fraction of sp³-hybridized carbons (Fsp3) is 0.571. The van der Waals surface area contributed by atoms with Crippen LogP contribution in [0.15, 0.2) is 23.1 Å². The summed E-state index contributed by atoms with van der Waals surface area (Å²) in [5, 5.41) is 5.90. The van der Waals surface area contributed by atoms with Crippen molar-refractivity contribution >= 4 is 29.4 Å². The lowest BCUT2D eigenvalue weighted by Crippen LogP contribution is -2.39. The van der Waals surface area contributed by atoms with E-state index < -0.39 is 0 Å². The first-order chi connectivity index (χ1) is 9.33. The van der Waals surface area contributed by atoms with Gasteiger partial charge in [-0.2, -0.15) is 0 Å². The van der Waals surface area contributed by atoms with Crippen LogP contribution in [0, 0.1) is 0 Å². The zero-order valence-electron chi connectivity index (χ0n) is 11.2. The average molecular weight is 296 g/mol. The highest BCUT2D eigenvalue weighted by Crippen LogP contribution is 2.50. The van der Waals surface area contributed by atoms with Gasteiger partial charge in [-0.3, -0.25) is 5.14 Å². The van der Waals surface area contributed by atoms with Gasteiger partial charge >= 0.3 is 0 Å². The van der Waals surface area contributed by atoms with Crippen LogP contribution in [0.3, 0.4) is 0 Å². The summed E-state index contributed by atoms with van der Waals surface area (Å²) in [7, 11) is 1.72. The smallest absolute Gasteiger partial charge is 0.141 e. The largest absolute Gasteiger partial charge is 0.497 e. The molecule has 1 fully saturated rings. The van der Waals surface area contributed by atoms with Gasteiger partial charge in [0.05, 0.1) is 12.8 Å². The van der Waals surface area contributed by atoms with Crippen molar-refractivity contribution in [1.29, 1.82) is 0 Å². The predicted octanol–water partition coefficient (Wildman–Crippen LogP) is 3.83. The fourth-order valence-corrected chi connectivity index (χ4v) is 5.07. The van der Waals surface area contributed by atoms with Crippen LogP contribution in [-0.4, -0.2) is 17.9 Å². The van der Waals surface area contributed by atoms with E-state index in [-0.39, 0.29) is 0 Å². The Balaban J connectivity index is 1.90. The summed E-state index contributed by atoms with van der Waals surface area (Å²) in [6.45, 7) is 0. The Morgan fingerprint density at radius 1 is 1.32 bits per heavy atom. The molecule has 5 heteroatoms. The van der Waals surface area contributed by atoms with Crippen molar-refractivity contribution in [2.24, 2.45) is 5.14 Å². The minimum Gasteiger partial charge on any atom is -0.497 e. The molecule has 2 N–H and O–H groups in total. The molecule has 0 bridgehead atoms. The third-order valence-corrected chi connectivity index (χ3v) is 6.08. The summed E-state index contributed by atoms with van der Waals surface area (Å²) < 4.78 is 5.63. The van der Waals surface area contributed by atoms with Crippen molar-refractivity contribution < 1.29 is 4.74 Å². The van der Waals surface area contributed by atoms with E-state index >= 15 is 0 Å². The molecule has 0 aromatic heterocycles. The van der Waals surface area contributed by atoms with Gasteiger partial charge < -0.3 is 9.64 Å². The SMILES string of the molecule is COc1ccc2c(c1)SC(SN)N2C1CCCCC1. The number of thioether (sulfide) groups is 1. The van der Waals surface area contributed by atoms with Crippen molar-refractivity contribution in [1.82, 2.24) is 0 Å². The summed E-state index contributed by atoms with van der Waals surface area (Å²) >= 11 is 3.30. The zero-order valence-corrected chi connectivity index (χ0v) is 12.8. The van der Waals surface area contributed by atoms with Crippen LogP contribution in [-0.2, 0) is 0 Å². The quantitative estimate of drug-likeness (QED) is 0.858. The van der Waals surface area contributed by atoms with Gasteiger partial charge in [0, 0.05) is 10.9 Å². The van der Waals surface area contributed by atoms with Crippen LogP contribution >= 0.6 is 23.7 Å². The number of methoxy groups -OCH3 is 1. The monoisotopic (exact) mass is 296 g/mol. The lowest BCUT2D eigenvalue weighted by Gasteiger charge is -2.36. The first-order valence-electron chi connectivity index (χ1n) is 6.82. The maximum absolute atomic E-state index is 5.90. The van der Waals surface area contributed by atoms with Crippen molar-refractivity contribution in [3.8, 4) is 5.75 Å². The molecule has 1 heterocycles. The van der Waals surface area contributed by atoms with Crippen LogP contribution in [0.25, 0.3) is 0 Å². The Hall–Kier alpha value is -0.520. The molecule has 0 saturated heterocycles. The van der Waals surface area contributed by atoms with Crippen molar-refractivity contribution in [3.63, 3.8) is 0 Å². The van der Waals surface area contributed by atoms with Crippen molar-refractivity contribution in [2.75, 3.05) is 12.0 Å². The van der Waals surface area contributed by atoms with Crippen molar-refractivity contribution in [3.05, 3.63) is 18.2 Å². The van der Waals surface area contributed by atoms with E-state index in [1.807, 2.05) is 11.8 Å². The second kappa shape index (κ2) is 5.85. The summed E-state index contributed by atoms with van der Waals surface area (Å²) in [6.07, 6.45) is 6.66. The Morgan fingerprint density at radius 2 is 2.11 bits per heavy atom. The third-order valence-electron chi connectivity index (χ3n) is 3.98.